The van der Waals surface area contributed by atoms with E-state index < -0.39 is 0 Å². The van der Waals surface area contributed by atoms with Gasteiger partial charge < -0.3 is 9.30 Å². The molecule has 0 amide bonds. The summed E-state index contributed by atoms with van der Waals surface area (Å²) in [5.41, 5.74) is 1.78. The van der Waals surface area contributed by atoms with E-state index in [9.17, 15) is 8.78 Å². The Labute approximate surface area is 121 Å². The van der Waals surface area contributed by atoms with Gasteiger partial charge in [0.05, 0.1) is 11.2 Å². The van der Waals surface area contributed by atoms with Gasteiger partial charge in [-0.3, -0.25) is 0 Å². The van der Waals surface area contributed by atoms with Crippen LogP contribution in [-0.2, 0) is 13.2 Å². The van der Waals surface area contributed by atoms with Crippen LogP contribution >= 0.6 is 0 Å². The summed E-state index contributed by atoms with van der Waals surface area (Å²) in [6.45, 7) is 3.03. The van der Waals surface area contributed by atoms with Crippen molar-refractivity contribution in [2.45, 2.75) is 20.1 Å². The average molecular weight is 287 g/mol. The lowest BCUT2D eigenvalue weighted by atomic mass is 10.2. The van der Waals surface area contributed by atoms with Gasteiger partial charge in [0.1, 0.15) is 24.0 Å². The van der Waals surface area contributed by atoms with Gasteiger partial charge in [0.15, 0.2) is 0 Å². The molecule has 0 spiro atoms. The Morgan fingerprint density at radius 2 is 1.81 bits per heavy atom. The first-order chi connectivity index (χ1) is 10.2. The van der Waals surface area contributed by atoms with E-state index in [1.165, 1.54) is 24.3 Å². The first kappa shape index (κ1) is 13.6. The fourth-order valence-electron chi connectivity index (χ4n) is 2.49. The Hall–Kier alpha value is -2.36. The second kappa shape index (κ2) is 5.56. The van der Waals surface area contributed by atoms with Gasteiger partial charge in [-0.25, -0.2) is 8.78 Å². The van der Waals surface area contributed by atoms with Crippen LogP contribution in [0.5, 0.6) is 5.75 Å². The second-order valence-corrected chi connectivity index (χ2v) is 4.83. The fourth-order valence-corrected chi connectivity index (χ4v) is 2.49. The minimum absolute atomic E-state index is 0.257. The molecule has 2 aromatic carbocycles. The van der Waals surface area contributed by atoms with Gasteiger partial charge in [0.2, 0.25) is 0 Å². The van der Waals surface area contributed by atoms with Crippen LogP contribution in [0.2, 0.25) is 0 Å². The molecule has 0 aliphatic heterocycles. The summed E-state index contributed by atoms with van der Waals surface area (Å²) in [6, 6.07) is 12.7. The summed E-state index contributed by atoms with van der Waals surface area (Å²) >= 11 is 0. The van der Waals surface area contributed by atoms with Crippen molar-refractivity contribution in [2.24, 2.45) is 0 Å². The summed E-state index contributed by atoms with van der Waals surface area (Å²) in [4.78, 5) is 0. The monoisotopic (exact) mass is 287 g/mol. The summed E-state index contributed by atoms with van der Waals surface area (Å²) in [6.07, 6.45) is 0. The number of rotatable bonds is 4. The largest absolute Gasteiger partial charge is 0.487 e. The van der Waals surface area contributed by atoms with Crippen LogP contribution in [0.3, 0.4) is 0 Å². The van der Waals surface area contributed by atoms with Gasteiger partial charge in [-0.15, -0.1) is 0 Å². The van der Waals surface area contributed by atoms with Crippen molar-refractivity contribution in [3.63, 3.8) is 0 Å². The highest BCUT2D eigenvalue weighted by molar-refractivity contribution is 5.81. The normalized spacial score (nSPS) is 11.0. The van der Waals surface area contributed by atoms with Crippen molar-refractivity contribution in [3.05, 3.63) is 65.9 Å². The lowest BCUT2D eigenvalue weighted by Gasteiger charge is -2.10. The van der Waals surface area contributed by atoms with Crippen molar-refractivity contribution >= 4 is 10.9 Å². The van der Waals surface area contributed by atoms with E-state index in [1.54, 1.807) is 18.2 Å². The Morgan fingerprint density at radius 1 is 1.00 bits per heavy atom. The minimum atomic E-state index is -0.328. The molecule has 3 rings (SSSR count). The highest BCUT2D eigenvalue weighted by Crippen LogP contribution is 2.22. The van der Waals surface area contributed by atoms with Crippen LogP contribution in [-0.4, -0.2) is 4.57 Å². The predicted octanol–water partition coefficient (Wildman–Crippen LogP) is 4.52. The molecule has 108 valence electrons. The van der Waals surface area contributed by atoms with Crippen molar-refractivity contribution < 1.29 is 13.5 Å². The van der Waals surface area contributed by atoms with Crippen LogP contribution < -0.4 is 4.74 Å². The van der Waals surface area contributed by atoms with Gasteiger partial charge in [-0.1, -0.05) is 6.07 Å². The number of aromatic nitrogens is 1. The van der Waals surface area contributed by atoms with Crippen LogP contribution in [0.15, 0.2) is 48.5 Å². The molecule has 0 saturated heterocycles. The topological polar surface area (TPSA) is 14.2 Å². The van der Waals surface area contributed by atoms with E-state index in [-0.39, 0.29) is 11.6 Å². The van der Waals surface area contributed by atoms with Gasteiger partial charge in [0, 0.05) is 18.0 Å². The van der Waals surface area contributed by atoms with Crippen molar-refractivity contribution in [3.8, 4) is 5.75 Å². The molecule has 4 heteroatoms. The molecule has 1 aromatic heterocycles. The van der Waals surface area contributed by atoms with E-state index in [0.29, 0.717) is 12.4 Å². The van der Waals surface area contributed by atoms with Gasteiger partial charge >= 0.3 is 0 Å². The molecular formula is C17H15F2NO. The van der Waals surface area contributed by atoms with E-state index in [0.717, 1.165) is 23.1 Å². The van der Waals surface area contributed by atoms with Crippen molar-refractivity contribution in [1.82, 2.24) is 4.57 Å². The Kier molecular flexibility index (Phi) is 3.60. The summed E-state index contributed by atoms with van der Waals surface area (Å²) < 4.78 is 34.1. The molecular weight excluding hydrogens is 272 g/mol. The summed E-state index contributed by atoms with van der Waals surface area (Å²) in [5, 5.41) is 0.969. The Morgan fingerprint density at radius 3 is 2.57 bits per heavy atom. The highest BCUT2D eigenvalue weighted by atomic mass is 19.1. The molecule has 0 bridgehead atoms. The summed E-state index contributed by atoms with van der Waals surface area (Å²) in [7, 11) is 0. The molecule has 0 aliphatic carbocycles. The van der Waals surface area contributed by atoms with Crippen molar-refractivity contribution in [1.29, 1.82) is 0 Å². The molecule has 0 aliphatic rings. The standard InChI is InChI=1S/C17H15F2NO/c1-2-20-15(8-12-6-7-14(19)10-17(12)20)11-21-16-5-3-4-13(18)9-16/h3-10H,2,11H2,1H3. The average Bonchev–Trinajstić information content (AvgIpc) is 2.82. The predicted molar refractivity (Wildman–Crippen MR) is 78.3 cm³/mol. The lowest BCUT2D eigenvalue weighted by Crippen LogP contribution is -2.04. The number of hydrogen-bond acceptors (Lipinski definition) is 1. The molecule has 1 heterocycles. The SMILES string of the molecule is CCn1c(COc2cccc(F)c2)cc2ccc(F)cc21. The van der Waals surface area contributed by atoms with Crippen LogP contribution in [0, 0.1) is 11.6 Å². The summed E-state index contributed by atoms with van der Waals surface area (Å²) in [5.74, 6) is -0.104. The first-order valence-corrected chi connectivity index (χ1v) is 6.83. The van der Waals surface area contributed by atoms with Crippen molar-refractivity contribution in [2.75, 3.05) is 0 Å². The highest BCUT2D eigenvalue weighted by Gasteiger charge is 2.09. The zero-order valence-electron chi connectivity index (χ0n) is 11.6. The first-order valence-electron chi connectivity index (χ1n) is 6.83. The zero-order chi connectivity index (χ0) is 14.8. The third kappa shape index (κ3) is 2.75. The van der Waals surface area contributed by atoms with E-state index >= 15 is 0 Å². The maximum atomic E-state index is 13.4. The quantitative estimate of drug-likeness (QED) is 0.688. The molecule has 0 fully saturated rings. The number of hydrogen-bond donors (Lipinski definition) is 0. The smallest absolute Gasteiger partial charge is 0.128 e. The molecule has 21 heavy (non-hydrogen) atoms. The van der Waals surface area contributed by atoms with Crippen LogP contribution in [0.4, 0.5) is 8.78 Å². The third-order valence-corrected chi connectivity index (χ3v) is 3.45. The maximum absolute atomic E-state index is 13.4. The number of halogens is 2. The molecule has 0 radical (unpaired) electrons. The van der Waals surface area contributed by atoms with Gasteiger partial charge in [-0.2, -0.15) is 0 Å². The second-order valence-electron chi connectivity index (χ2n) is 4.83. The number of aryl methyl sites for hydroxylation is 1. The van der Waals surface area contributed by atoms with E-state index in [2.05, 4.69) is 0 Å². The number of benzene rings is 2. The lowest BCUT2D eigenvalue weighted by molar-refractivity contribution is 0.294. The zero-order valence-corrected chi connectivity index (χ0v) is 11.6. The molecule has 3 aromatic rings. The third-order valence-electron chi connectivity index (χ3n) is 3.45. The molecule has 0 unspecified atom stereocenters. The van der Waals surface area contributed by atoms with E-state index in [4.69, 9.17) is 4.74 Å². The molecule has 2 nitrogen and oxygen atoms in total. The van der Waals surface area contributed by atoms with Gasteiger partial charge in [0.25, 0.3) is 0 Å². The maximum Gasteiger partial charge on any atom is 0.128 e. The number of nitrogens with zero attached hydrogens (tertiary/aromatic N) is 1. The Bertz CT molecular complexity index is 780. The molecule has 0 saturated carbocycles. The number of fused-ring (bicyclic) bond motifs is 1. The number of ether oxygens (including phenoxy) is 1. The minimum Gasteiger partial charge on any atom is -0.487 e. The van der Waals surface area contributed by atoms with E-state index in [1.807, 2.05) is 17.6 Å². The molecule has 0 N–H and O–H groups in total. The Balaban J connectivity index is 1.90. The van der Waals surface area contributed by atoms with Crippen LogP contribution in [0.1, 0.15) is 12.6 Å². The van der Waals surface area contributed by atoms with Gasteiger partial charge in [-0.05, 0) is 43.3 Å². The fraction of sp³-hybridized carbons (Fsp3) is 0.176. The van der Waals surface area contributed by atoms with Crippen LogP contribution in [0.25, 0.3) is 10.9 Å². The molecule has 0 atom stereocenters.